The number of fused-ring (bicyclic) bond motifs is 2. The molecule has 17 heteroatoms. The molecule has 0 radical (unpaired) electrons. The van der Waals surface area contributed by atoms with Crippen molar-refractivity contribution in [1.82, 2.24) is 29.1 Å². The summed E-state index contributed by atoms with van der Waals surface area (Å²) in [6.45, 7) is 14.2. The fraction of sp³-hybridized carbons (Fsp3) is 0.600. The van der Waals surface area contributed by atoms with Gasteiger partial charge in [0, 0.05) is 12.4 Å². The summed E-state index contributed by atoms with van der Waals surface area (Å²) >= 11 is 0. The van der Waals surface area contributed by atoms with Crippen molar-refractivity contribution < 1.29 is 38.0 Å². The molecule has 0 saturated carbocycles. The lowest BCUT2D eigenvalue weighted by molar-refractivity contribution is -0.0355. The van der Waals surface area contributed by atoms with Crippen LogP contribution in [0.4, 0.5) is 8.78 Å². The van der Waals surface area contributed by atoms with E-state index < -0.39 is 80.1 Å². The number of nitrogens with zero attached hydrogens (tertiary/aromatic N) is 4. The van der Waals surface area contributed by atoms with Crippen LogP contribution in [0, 0.1) is 11.6 Å². The van der Waals surface area contributed by atoms with Crippen LogP contribution in [0.25, 0.3) is 22.1 Å². The Balaban J connectivity index is 0.000000193. The van der Waals surface area contributed by atoms with Crippen molar-refractivity contribution in [3.63, 3.8) is 0 Å². The molecule has 14 nitrogen and oxygen atoms in total. The lowest BCUT2D eigenvalue weighted by Gasteiger charge is -2.40. The molecule has 258 valence electrons. The summed E-state index contributed by atoms with van der Waals surface area (Å²) in [6.07, 6.45) is -0.804. The molecule has 2 unspecified atom stereocenters. The fourth-order valence-electron chi connectivity index (χ4n) is 5.71. The van der Waals surface area contributed by atoms with Crippen LogP contribution in [-0.2, 0) is 13.9 Å². The van der Waals surface area contributed by atoms with Gasteiger partial charge in [0.15, 0.2) is 43.7 Å². The molecule has 0 aromatic carbocycles. The number of aliphatic hydroxyl groups excluding tert-OH is 3. The third-order valence-corrected chi connectivity index (χ3v) is 13.9. The van der Waals surface area contributed by atoms with Crippen LogP contribution in [0.2, 0.25) is 18.1 Å². The number of rotatable bonds is 6. The quantitative estimate of drug-likeness (QED) is 0.189. The second kappa shape index (κ2) is 12.9. The van der Waals surface area contributed by atoms with Gasteiger partial charge in [-0.05, 0) is 31.0 Å². The van der Waals surface area contributed by atoms with Gasteiger partial charge in [-0.2, -0.15) is 0 Å². The molecule has 0 bridgehead atoms. The van der Waals surface area contributed by atoms with E-state index in [1.807, 2.05) is 6.92 Å². The van der Waals surface area contributed by atoms with Gasteiger partial charge in [0.25, 0.3) is 11.1 Å². The molecule has 6 rings (SSSR count). The summed E-state index contributed by atoms with van der Waals surface area (Å²) in [6, 6.07) is 0. The largest absolute Gasteiger partial charge is 0.407 e. The van der Waals surface area contributed by atoms with Crippen LogP contribution in [0.3, 0.4) is 0 Å². The van der Waals surface area contributed by atoms with Crippen LogP contribution in [0.5, 0.6) is 0 Å². The van der Waals surface area contributed by atoms with Gasteiger partial charge < -0.3 is 48.3 Å². The number of aromatic amines is 2. The first kappa shape index (κ1) is 35.0. The minimum atomic E-state index is -2.24. The minimum absolute atomic E-state index is 0.0685. The van der Waals surface area contributed by atoms with E-state index in [0.717, 1.165) is 12.5 Å². The highest BCUT2D eigenvalue weighted by atomic mass is 28.4. The maximum absolute atomic E-state index is 14.4. The molecule has 5 N–H and O–H groups in total. The number of hydrogen-bond donors (Lipinski definition) is 5. The van der Waals surface area contributed by atoms with Gasteiger partial charge in [0.05, 0.1) is 24.9 Å². The van der Waals surface area contributed by atoms with Crippen molar-refractivity contribution in [2.75, 3.05) is 0 Å². The molecule has 2 aliphatic rings. The zero-order chi connectivity index (χ0) is 34.6. The number of H-pyrrole nitrogens is 2. The zero-order valence-corrected chi connectivity index (χ0v) is 28.3. The number of hydrogen-bond acceptors (Lipinski definition) is 10. The summed E-state index contributed by atoms with van der Waals surface area (Å²) in [5.41, 5.74) is -0.914. The molecule has 0 amide bonds. The van der Waals surface area contributed by atoms with Crippen molar-refractivity contribution in [1.29, 1.82) is 0 Å². The van der Waals surface area contributed by atoms with E-state index in [1.165, 1.54) is 21.7 Å². The SMILES string of the molecule is CC[C@H]1O[C@@H](n2cc(F)c3c(=O)[nH]cnc32)[C@@H](O)C1O.CC[C@H]1O[C@@H](n2cc(F)c3c(=O)[nH]cnc32)[C@@H](O[Si](C)(C)C(C)(C)C)C1O. The third-order valence-electron chi connectivity index (χ3n) is 9.38. The highest BCUT2D eigenvalue weighted by molar-refractivity contribution is 6.74. The van der Waals surface area contributed by atoms with Gasteiger partial charge in [-0.3, -0.25) is 9.59 Å². The molecule has 0 spiro atoms. The minimum Gasteiger partial charge on any atom is -0.407 e. The van der Waals surface area contributed by atoms with Crippen molar-refractivity contribution in [2.24, 2.45) is 0 Å². The second-order valence-electron chi connectivity index (χ2n) is 13.4. The van der Waals surface area contributed by atoms with E-state index in [0.29, 0.717) is 12.8 Å². The molecule has 4 aromatic heterocycles. The number of nitrogens with one attached hydrogen (secondary N) is 2. The lowest BCUT2D eigenvalue weighted by atomic mass is 10.1. The zero-order valence-electron chi connectivity index (χ0n) is 27.3. The maximum atomic E-state index is 14.4. The van der Waals surface area contributed by atoms with Crippen molar-refractivity contribution in [3.05, 3.63) is 57.4 Å². The van der Waals surface area contributed by atoms with E-state index in [-0.39, 0.29) is 27.1 Å². The number of ether oxygens (including phenoxy) is 2. The lowest BCUT2D eigenvalue weighted by Crippen LogP contribution is -2.48. The summed E-state index contributed by atoms with van der Waals surface area (Å²) in [4.78, 5) is 36.3. The Kier molecular flexibility index (Phi) is 9.64. The van der Waals surface area contributed by atoms with Gasteiger partial charge >= 0.3 is 0 Å². The first-order valence-electron chi connectivity index (χ1n) is 15.5. The summed E-state index contributed by atoms with van der Waals surface area (Å²) < 4.78 is 49.0. The first-order valence-corrected chi connectivity index (χ1v) is 18.4. The Hall–Kier alpha value is -3.32. The predicted octanol–water partition coefficient (Wildman–Crippen LogP) is 2.82. The average molecular weight is 681 g/mol. The monoisotopic (exact) mass is 680 g/mol. The van der Waals surface area contributed by atoms with Crippen LogP contribution in [0.15, 0.2) is 34.6 Å². The van der Waals surface area contributed by atoms with E-state index >= 15 is 0 Å². The number of aromatic nitrogens is 6. The van der Waals surface area contributed by atoms with Gasteiger partial charge in [0.2, 0.25) is 0 Å². The summed E-state index contributed by atoms with van der Waals surface area (Å²) in [7, 11) is -2.24. The molecule has 2 aliphatic heterocycles. The molecule has 0 aliphatic carbocycles. The summed E-state index contributed by atoms with van der Waals surface area (Å²) in [5.74, 6) is -1.43. The number of halogens is 2. The standard InChI is InChI=1S/C18H28FN3O4Si.C12H14FN3O4/c1-7-11-13(23)14(26-27(5,6)18(2,3)4)17(25-11)22-8-10(19)12-15(22)20-9-21-16(12)24;1-2-6-8(17)9(18)12(20-6)16-3-5(13)7-10(16)14-4-15-11(7)19/h8-9,11,13-14,17,23H,7H2,1-6H3,(H,20,21,24);3-4,6,8-9,12,17-18H,2H2,1H3,(H,14,15,19)/t11-,13?,14+,17-;6-,8?,9+,12-/m11/s1. The Morgan fingerprint density at radius 3 is 1.72 bits per heavy atom. The van der Waals surface area contributed by atoms with E-state index in [9.17, 15) is 33.7 Å². The smallest absolute Gasteiger partial charge is 0.263 e. The highest BCUT2D eigenvalue weighted by Gasteiger charge is 2.50. The van der Waals surface area contributed by atoms with E-state index in [2.05, 4.69) is 53.8 Å². The normalized spacial score (nSPS) is 28.3. The Morgan fingerprint density at radius 2 is 1.28 bits per heavy atom. The third kappa shape index (κ3) is 6.21. The predicted molar refractivity (Wildman–Crippen MR) is 169 cm³/mol. The van der Waals surface area contributed by atoms with Gasteiger partial charge in [0.1, 0.15) is 35.2 Å². The molecule has 6 heterocycles. The fourth-order valence-corrected chi connectivity index (χ4v) is 7.00. The van der Waals surface area contributed by atoms with Gasteiger partial charge in [-0.25, -0.2) is 18.7 Å². The van der Waals surface area contributed by atoms with Crippen LogP contribution in [0.1, 0.15) is 59.9 Å². The molecular weight excluding hydrogens is 638 g/mol. The highest BCUT2D eigenvalue weighted by Crippen LogP contribution is 2.43. The molecular formula is C30H42F2N6O8Si. The van der Waals surface area contributed by atoms with Crippen LogP contribution < -0.4 is 11.1 Å². The van der Waals surface area contributed by atoms with Crippen molar-refractivity contribution in [2.45, 2.75) is 115 Å². The number of aliphatic hydroxyl groups is 3. The molecule has 4 aromatic rings. The molecule has 2 saturated heterocycles. The Bertz CT molecular complexity index is 1850. The van der Waals surface area contributed by atoms with Crippen LogP contribution >= 0.6 is 0 Å². The van der Waals surface area contributed by atoms with Crippen molar-refractivity contribution >= 4 is 30.4 Å². The maximum Gasteiger partial charge on any atom is 0.263 e. The summed E-state index contributed by atoms with van der Waals surface area (Å²) in [5, 5.41) is 30.3. The average Bonchev–Trinajstić information content (AvgIpc) is 3.71. The van der Waals surface area contributed by atoms with E-state index in [4.69, 9.17) is 13.9 Å². The Labute approximate surface area is 269 Å². The Morgan fingerprint density at radius 1 is 0.830 bits per heavy atom. The van der Waals surface area contributed by atoms with Gasteiger partial charge in [-0.15, -0.1) is 0 Å². The topological polar surface area (TPSA) is 190 Å². The van der Waals surface area contributed by atoms with Gasteiger partial charge in [-0.1, -0.05) is 34.6 Å². The first-order chi connectivity index (χ1) is 22.0. The van der Waals surface area contributed by atoms with Crippen molar-refractivity contribution in [3.8, 4) is 0 Å². The second-order valence-corrected chi connectivity index (χ2v) is 18.1. The molecule has 47 heavy (non-hydrogen) atoms. The molecule has 2 fully saturated rings. The molecule has 8 atom stereocenters. The van der Waals surface area contributed by atoms with Crippen LogP contribution in [-0.4, -0.2) is 89.3 Å². The van der Waals surface area contributed by atoms with E-state index in [1.54, 1.807) is 6.92 Å².